The number of halogens is 1. The Kier molecular flexibility index (Phi) is 7.34. The minimum Gasteiger partial charge on any atom is -0.497 e. The number of nitrogens with one attached hydrogen (secondary N) is 1. The molecule has 1 N–H and O–H groups in total. The average Bonchev–Trinajstić information content (AvgIpc) is 2.77. The van der Waals surface area contributed by atoms with Crippen LogP contribution in [0.5, 0.6) is 17.4 Å². The number of benzene rings is 2. The maximum absolute atomic E-state index is 13.0. The fourth-order valence-corrected chi connectivity index (χ4v) is 2.63. The van der Waals surface area contributed by atoms with Gasteiger partial charge < -0.3 is 19.5 Å². The number of ether oxygens (including phenoxy) is 3. The Labute approximate surface area is 174 Å². The Morgan fingerprint density at radius 3 is 2.63 bits per heavy atom. The number of carbonyl (C=O) groups excluding carboxylic acids is 1. The number of hydrogen-bond donors (Lipinski definition) is 1. The van der Waals surface area contributed by atoms with Gasteiger partial charge in [0.1, 0.15) is 23.4 Å². The summed E-state index contributed by atoms with van der Waals surface area (Å²) in [5.74, 6) is 1.01. The van der Waals surface area contributed by atoms with E-state index in [9.17, 15) is 9.18 Å². The molecular formula is C23H23FN2O4. The molecular weight excluding hydrogens is 387 g/mol. The maximum Gasteiger partial charge on any atom is 0.249 e. The molecule has 2 aromatic carbocycles. The van der Waals surface area contributed by atoms with Crippen LogP contribution in [0.4, 0.5) is 4.39 Å². The summed E-state index contributed by atoms with van der Waals surface area (Å²) >= 11 is 0. The number of pyridine rings is 1. The SMILES string of the molecule is COc1cccc(COC(C)C(=O)NCc2ccnc(Oc3ccc(F)cc3)c2)c1. The lowest BCUT2D eigenvalue weighted by Gasteiger charge is -2.14. The predicted molar refractivity (Wildman–Crippen MR) is 110 cm³/mol. The largest absolute Gasteiger partial charge is 0.497 e. The van der Waals surface area contributed by atoms with Crippen molar-refractivity contribution < 1.29 is 23.4 Å². The molecule has 3 rings (SSSR count). The first kappa shape index (κ1) is 21.3. The van der Waals surface area contributed by atoms with Gasteiger partial charge in [-0.1, -0.05) is 12.1 Å². The van der Waals surface area contributed by atoms with Crippen LogP contribution in [0.15, 0.2) is 66.9 Å². The average molecular weight is 410 g/mol. The Bertz CT molecular complexity index is 979. The molecule has 156 valence electrons. The van der Waals surface area contributed by atoms with Gasteiger partial charge in [-0.25, -0.2) is 9.37 Å². The summed E-state index contributed by atoms with van der Waals surface area (Å²) in [4.78, 5) is 16.5. The van der Waals surface area contributed by atoms with Crippen molar-refractivity contribution in [2.45, 2.75) is 26.2 Å². The van der Waals surface area contributed by atoms with Crippen LogP contribution in [0.1, 0.15) is 18.1 Å². The Hall–Kier alpha value is -3.45. The van der Waals surface area contributed by atoms with E-state index in [-0.39, 0.29) is 11.7 Å². The highest BCUT2D eigenvalue weighted by atomic mass is 19.1. The fourth-order valence-electron chi connectivity index (χ4n) is 2.63. The number of carbonyl (C=O) groups is 1. The van der Waals surface area contributed by atoms with Crippen molar-refractivity contribution in [1.82, 2.24) is 10.3 Å². The highest BCUT2D eigenvalue weighted by Crippen LogP contribution is 2.20. The summed E-state index contributed by atoms with van der Waals surface area (Å²) in [6.45, 7) is 2.30. The Morgan fingerprint density at radius 1 is 1.07 bits per heavy atom. The molecule has 1 heterocycles. The van der Waals surface area contributed by atoms with Crippen LogP contribution in [-0.2, 0) is 22.7 Å². The molecule has 0 aliphatic carbocycles. The monoisotopic (exact) mass is 410 g/mol. The smallest absolute Gasteiger partial charge is 0.249 e. The van der Waals surface area contributed by atoms with Gasteiger partial charge in [-0.15, -0.1) is 0 Å². The van der Waals surface area contributed by atoms with Crippen LogP contribution < -0.4 is 14.8 Å². The number of methoxy groups -OCH3 is 1. The van der Waals surface area contributed by atoms with Crippen molar-refractivity contribution in [2.75, 3.05) is 7.11 Å². The summed E-state index contributed by atoms with van der Waals surface area (Å²) in [7, 11) is 1.60. The summed E-state index contributed by atoms with van der Waals surface area (Å²) in [5.41, 5.74) is 1.74. The van der Waals surface area contributed by atoms with Crippen molar-refractivity contribution in [2.24, 2.45) is 0 Å². The van der Waals surface area contributed by atoms with Gasteiger partial charge in [-0.3, -0.25) is 4.79 Å². The van der Waals surface area contributed by atoms with Gasteiger partial charge in [0.2, 0.25) is 11.8 Å². The molecule has 0 saturated heterocycles. The molecule has 0 bridgehead atoms. The molecule has 0 spiro atoms. The molecule has 7 heteroatoms. The second-order valence-corrected chi connectivity index (χ2v) is 6.58. The van der Waals surface area contributed by atoms with Crippen molar-refractivity contribution >= 4 is 5.91 Å². The zero-order chi connectivity index (χ0) is 21.3. The van der Waals surface area contributed by atoms with E-state index in [1.807, 2.05) is 24.3 Å². The minimum atomic E-state index is -0.618. The van der Waals surface area contributed by atoms with E-state index in [2.05, 4.69) is 10.3 Å². The first-order valence-electron chi connectivity index (χ1n) is 9.44. The summed E-state index contributed by atoms with van der Waals surface area (Å²) < 4.78 is 29.4. The second kappa shape index (κ2) is 10.4. The van der Waals surface area contributed by atoms with Gasteiger partial charge in [0.25, 0.3) is 0 Å². The lowest BCUT2D eigenvalue weighted by molar-refractivity contribution is -0.132. The van der Waals surface area contributed by atoms with E-state index < -0.39 is 6.10 Å². The first-order valence-corrected chi connectivity index (χ1v) is 9.44. The molecule has 1 atom stereocenters. The maximum atomic E-state index is 13.0. The molecule has 0 radical (unpaired) electrons. The number of amides is 1. The molecule has 1 aromatic heterocycles. The minimum absolute atomic E-state index is 0.226. The van der Waals surface area contributed by atoms with Gasteiger partial charge >= 0.3 is 0 Å². The number of aromatic nitrogens is 1. The van der Waals surface area contributed by atoms with Gasteiger partial charge in [0.05, 0.1) is 13.7 Å². The van der Waals surface area contributed by atoms with Crippen LogP contribution in [0.2, 0.25) is 0 Å². The molecule has 3 aromatic rings. The van der Waals surface area contributed by atoms with Gasteiger partial charge in [-0.2, -0.15) is 0 Å². The van der Waals surface area contributed by atoms with Crippen LogP contribution in [0, 0.1) is 5.82 Å². The van der Waals surface area contributed by atoms with Crippen molar-refractivity contribution in [3.8, 4) is 17.4 Å². The van der Waals surface area contributed by atoms with E-state index in [1.54, 1.807) is 32.4 Å². The van der Waals surface area contributed by atoms with Crippen LogP contribution in [0.25, 0.3) is 0 Å². The molecule has 0 aliphatic rings. The van der Waals surface area contributed by atoms with E-state index in [0.29, 0.717) is 24.8 Å². The van der Waals surface area contributed by atoms with Gasteiger partial charge in [-0.05, 0) is 60.5 Å². The third-order valence-corrected chi connectivity index (χ3v) is 4.31. The van der Waals surface area contributed by atoms with E-state index >= 15 is 0 Å². The normalized spacial score (nSPS) is 11.6. The highest BCUT2D eigenvalue weighted by Gasteiger charge is 2.13. The fraction of sp³-hybridized carbons (Fsp3) is 0.217. The highest BCUT2D eigenvalue weighted by molar-refractivity contribution is 5.80. The molecule has 0 saturated carbocycles. The number of nitrogens with zero attached hydrogens (tertiary/aromatic N) is 1. The summed E-state index contributed by atoms with van der Waals surface area (Å²) in [6, 6.07) is 16.7. The number of rotatable bonds is 9. The molecule has 6 nitrogen and oxygen atoms in total. The van der Waals surface area contributed by atoms with Crippen LogP contribution >= 0.6 is 0 Å². The summed E-state index contributed by atoms with van der Waals surface area (Å²) in [6.07, 6.45) is 0.969. The first-order chi connectivity index (χ1) is 14.5. The van der Waals surface area contributed by atoms with E-state index in [0.717, 1.165) is 16.9 Å². The van der Waals surface area contributed by atoms with Crippen LogP contribution in [-0.4, -0.2) is 24.1 Å². The van der Waals surface area contributed by atoms with Crippen molar-refractivity contribution in [3.05, 3.63) is 83.8 Å². The van der Waals surface area contributed by atoms with Gasteiger partial charge in [0.15, 0.2) is 0 Å². The predicted octanol–water partition coefficient (Wildman–Crippen LogP) is 4.24. The van der Waals surface area contributed by atoms with Crippen molar-refractivity contribution in [1.29, 1.82) is 0 Å². The molecule has 30 heavy (non-hydrogen) atoms. The third kappa shape index (κ3) is 6.28. The van der Waals surface area contributed by atoms with E-state index in [4.69, 9.17) is 14.2 Å². The lowest BCUT2D eigenvalue weighted by atomic mass is 10.2. The Morgan fingerprint density at radius 2 is 1.87 bits per heavy atom. The second-order valence-electron chi connectivity index (χ2n) is 6.58. The van der Waals surface area contributed by atoms with Crippen molar-refractivity contribution in [3.63, 3.8) is 0 Å². The van der Waals surface area contributed by atoms with E-state index in [1.165, 1.54) is 24.3 Å². The third-order valence-electron chi connectivity index (χ3n) is 4.31. The van der Waals surface area contributed by atoms with Crippen LogP contribution in [0.3, 0.4) is 0 Å². The Balaban J connectivity index is 1.49. The molecule has 0 fully saturated rings. The molecule has 1 amide bonds. The molecule has 0 aliphatic heterocycles. The zero-order valence-electron chi connectivity index (χ0n) is 16.8. The standard InChI is InChI=1S/C23H23FN2O4/c1-16(29-15-18-4-3-5-21(12-18)28-2)23(27)26-14-17-10-11-25-22(13-17)30-20-8-6-19(24)7-9-20/h3-13,16H,14-15H2,1-2H3,(H,26,27). The molecule has 1 unspecified atom stereocenters. The number of hydrogen-bond acceptors (Lipinski definition) is 5. The quantitative estimate of drug-likeness (QED) is 0.571. The summed E-state index contributed by atoms with van der Waals surface area (Å²) in [5, 5.41) is 2.83. The zero-order valence-corrected chi connectivity index (χ0v) is 16.8. The topological polar surface area (TPSA) is 69.7 Å². The lowest BCUT2D eigenvalue weighted by Crippen LogP contribution is -2.34. The van der Waals surface area contributed by atoms with Gasteiger partial charge in [0, 0.05) is 18.8 Å².